The predicted molar refractivity (Wildman–Crippen MR) is 109 cm³/mol. The molecule has 8 nitrogen and oxygen atoms in total. The molecule has 0 bridgehead atoms. The summed E-state index contributed by atoms with van der Waals surface area (Å²) in [7, 11) is -4.41. The summed E-state index contributed by atoms with van der Waals surface area (Å²) in [6, 6.07) is 10.7. The van der Waals surface area contributed by atoms with E-state index >= 15 is 0 Å². The molecular formula is C21H22N2O6S. The Kier molecular flexibility index (Phi) is 6.92. The molecule has 2 rings (SSSR count). The van der Waals surface area contributed by atoms with Crippen molar-refractivity contribution in [1.82, 2.24) is 0 Å². The third-order valence-electron chi connectivity index (χ3n) is 3.73. The van der Waals surface area contributed by atoms with Gasteiger partial charge in [-0.1, -0.05) is 6.92 Å². The molecule has 0 aromatic heterocycles. The highest BCUT2D eigenvalue weighted by Gasteiger charge is 2.38. The van der Waals surface area contributed by atoms with Gasteiger partial charge in [-0.3, -0.25) is 9.59 Å². The molecular weight excluding hydrogens is 408 g/mol. The van der Waals surface area contributed by atoms with Crippen molar-refractivity contribution in [3.05, 3.63) is 59.6 Å². The maximum absolute atomic E-state index is 12.8. The first-order valence-electron chi connectivity index (χ1n) is 9.09. The van der Waals surface area contributed by atoms with Crippen LogP contribution in [0.1, 0.15) is 44.5 Å². The molecule has 0 aliphatic heterocycles. The minimum atomic E-state index is -4.41. The maximum Gasteiger partial charge on any atom is 0.456 e. The Bertz CT molecular complexity index is 1090. The topological polar surface area (TPSA) is 123 Å². The van der Waals surface area contributed by atoms with Gasteiger partial charge in [0.25, 0.3) is 15.6 Å². The van der Waals surface area contributed by atoms with Gasteiger partial charge in [0.1, 0.15) is 17.1 Å². The molecule has 0 saturated carbocycles. The molecule has 158 valence electrons. The zero-order valence-corrected chi connectivity index (χ0v) is 17.9. The Hall–Kier alpha value is -3.29. The second-order valence-corrected chi connectivity index (χ2v) is 9.14. The maximum atomic E-state index is 12.8. The standard InChI is InChI=1S/C21H22N2O6S/c1-5-18(24)28-15-10-12-17(13-11-15)30(26,27)20(23-22)19(25)14-6-8-16(9-7-14)29-21(2,3)4/h6-13H,5H2,1-4H3. The van der Waals surface area contributed by atoms with Crippen LogP contribution in [0, 0.1) is 0 Å². The van der Waals surface area contributed by atoms with Crippen molar-refractivity contribution >= 4 is 26.6 Å². The molecule has 0 amide bonds. The Labute approximate surface area is 175 Å². The second kappa shape index (κ2) is 9.02. The molecule has 2 aromatic rings. The first-order valence-corrected chi connectivity index (χ1v) is 10.6. The Morgan fingerprint density at radius 2 is 1.50 bits per heavy atom. The van der Waals surface area contributed by atoms with Crippen LogP contribution in [0.3, 0.4) is 0 Å². The van der Waals surface area contributed by atoms with E-state index in [1.165, 1.54) is 36.4 Å². The average molecular weight is 430 g/mol. The summed E-state index contributed by atoms with van der Waals surface area (Å²) >= 11 is 0. The third kappa shape index (κ3) is 5.62. The molecule has 0 fully saturated rings. The van der Waals surface area contributed by atoms with Crippen LogP contribution in [0.25, 0.3) is 5.53 Å². The molecule has 0 atom stereocenters. The minimum Gasteiger partial charge on any atom is -0.488 e. The van der Waals surface area contributed by atoms with Crippen molar-refractivity contribution in [2.75, 3.05) is 0 Å². The highest BCUT2D eigenvalue weighted by molar-refractivity contribution is 8.08. The van der Waals surface area contributed by atoms with Gasteiger partial charge in [-0.15, -0.1) is 4.79 Å². The minimum absolute atomic E-state index is 0.0149. The summed E-state index contributed by atoms with van der Waals surface area (Å²) in [6.45, 7) is 7.22. The molecule has 0 saturated heterocycles. The van der Waals surface area contributed by atoms with Gasteiger partial charge in [0.05, 0.1) is 4.90 Å². The normalized spacial score (nSPS) is 11.3. The van der Waals surface area contributed by atoms with E-state index in [9.17, 15) is 23.5 Å². The number of Topliss-reactive ketones (excluding diaryl/α,β-unsaturated/α-hetero) is 1. The molecule has 0 aliphatic rings. The molecule has 0 spiro atoms. The van der Waals surface area contributed by atoms with E-state index in [0.717, 1.165) is 12.1 Å². The number of hydrogen-bond donors (Lipinski definition) is 0. The number of ketones is 1. The van der Waals surface area contributed by atoms with E-state index in [4.69, 9.17) is 9.47 Å². The van der Waals surface area contributed by atoms with Gasteiger partial charge in [-0.2, -0.15) is 0 Å². The van der Waals surface area contributed by atoms with Crippen LogP contribution in [-0.2, 0) is 14.6 Å². The zero-order valence-electron chi connectivity index (χ0n) is 17.1. The average Bonchev–Trinajstić information content (AvgIpc) is 2.68. The van der Waals surface area contributed by atoms with Gasteiger partial charge in [0.15, 0.2) is 0 Å². The lowest BCUT2D eigenvalue weighted by Crippen LogP contribution is -2.26. The summed E-state index contributed by atoms with van der Waals surface area (Å²) in [5.41, 5.74) is 8.84. The fraction of sp³-hybridized carbons (Fsp3) is 0.286. The number of benzene rings is 2. The summed E-state index contributed by atoms with van der Waals surface area (Å²) in [6.07, 6.45) is 0.162. The number of rotatable bonds is 6. The zero-order chi connectivity index (χ0) is 22.5. The molecule has 0 radical (unpaired) electrons. The van der Waals surface area contributed by atoms with Crippen molar-refractivity contribution in [3.8, 4) is 11.5 Å². The van der Waals surface area contributed by atoms with Crippen LogP contribution >= 0.6 is 0 Å². The molecule has 0 unspecified atom stereocenters. The Morgan fingerprint density at radius 1 is 0.967 bits per heavy atom. The number of carbonyl (C=O) groups is 2. The molecule has 0 heterocycles. The largest absolute Gasteiger partial charge is 0.488 e. The highest BCUT2D eigenvalue weighted by Crippen LogP contribution is 2.22. The van der Waals surface area contributed by atoms with Gasteiger partial charge in [-0.05, 0) is 69.3 Å². The van der Waals surface area contributed by atoms with E-state index in [1.807, 2.05) is 20.8 Å². The summed E-state index contributed by atoms with van der Waals surface area (Å²) in [4.78, 5) is 26.4. The number of hydrogen-bond acceptors (Lipinski definition) is 6. The van der Waals surface area contributed by atoms with Gasteiger partial charge in [0.2, 0.25) is 0 Å². The SMILES string of the molecule is CCC(=O)Oc1ccc(S(=O)(=O)C(=[N+]=[N-])C(=O)c2ccc(OC(C)(C)C)cc2)cc1. The molecule has 2 aromatic carbocycles. The van der Waals surface area contributed by atoms with Crippen molar-refractivity contribution < 1.29 is 32.3 Å². The lowest BCUT2D eigenvalue weighted by Gasteiger charge is -2.21. The Balaban J connectivity index is 2.28. The number of esters is 1. The van der Waals surface area contributed by atoms with Gasteiger partial charge >= 0.3 is 11.0 Å². The van der Waals surface area contributed by atoms with Crippen molar-refractivity contribution in [1.29, 1.82) is 0 Å². The van der Waals surface area contributed by atoms with E-state index in [0.29, 0.717) is 5.75 Å². The first kappa shape index (κ1) is 23.0. The first-order chi connectivity index (χ1) is 14.0. The van der Waals surface area contributed by atoms with E-state index in [-0.39, 0.29) is 22.6 Å². The number of carbonyl (C=O) groups excluding carboxylic acids is 2. The number of sulfone groups is 1. The highest BCUT2D eigenvalue weighted by atomic mass is 32.2. The van der Waals surface area contributed by atoms with Crippen molar-refractivity contribution in [2.24, 2.45) is 0 Å². The van der Waals surface area contributed by atoms with Gasteiger partial charge in [0, 0.05) is 12.0 Å². The Morgan fingerprint density at radius 3 is 1.97 bits per heavy atom. The molecule has 0 N–H and O–H groups in total. The smallest absolute Gasteiger partial charge is 0.456 e. The third-order valence-corrected chi connectivity index (χ3v) is 5.40. The van der Waals surface area contributed by atoms with Crippen LogP contribution in [0.4, 0.5) is 0 Å². The number of ether oxygens (including phenoxy) is 2. The summed E-state index contributed by atoms with van der Waals surface area (Å²) in [5, 5.41) is -1.02. The predicted octanol–water partition coefficient (Wildman–Crippen LogP) is 3.46. The van der Waals surface area contributed by atoms with E-state index in [1.54, 1.807) is 6.92 Å². The summed E-state index contributed by atoms with van der Waals surface area (Å²) < 4.78 is 36.2. The quantitative estimate of drug-likeness (QED) is 0.131. The number of nitrogens with zero attached hydrogens (tertiary/aromatic N) is 2. The molecule has 30 heavy (non-hydrogen) atoms. The summed E-state index contributed by atoms with van der Waals surface area (Å²) in [5.74, 6) is -0.788. The molecule has 0 aliphatic carbocycles. The van der Waals surface area contributed by atoms with Crippen molar-refractivity contribution in [3.63, 3.8) is 0 Å². The van der Waals surface area contributed by atoms with Crippen LogP contribution in [0.2, 0.25) is 0 Å². The van der Waals surface area contributed by atoms with Crippen LogP contribution in [0.15, 0.2) is 53.4 Å². The van der Waals surface area contributed by atoms with Crippen molar-refractivity contribution in [2.45, 2.75) is 44.6 Å². The fourth-order valence-electron chi connectivity index (χ4n) is 2.37. The lowest BCUT2D eigenvalue weighted by molar-refractivity contribution is -0.134. The lowest BCUT2D eigenvalue weighted by atomic mass is 10.1. The van der Waals surface area contributed by atoms with Gasteiger partial charge in [-0.25, -0.2) is 8.42 Å². The fourth-order valence-corrected chi connectivity index (χ4v) is 3.56. The van der Waals surface area contributed by atoms with Gasteiger partial charge < -0.3 is 15.0 Å². The monoisotopic (exact) mass is 430 g/mol. The van der Waals surface area contributed by atoms with E-state index in [2.05, 4.69) is 4.79 Å². The van der Waals surface area contributed by atoms with Crippen LogP contribution < -0.4 is 9.47 Å². The van der Waals surface area contributed by atoms with Crippen LogP contribution in [0.5, 0.6) is 11.5 Å². The van der Waals surface area contributed by atoms with Crippen LogP contribution in [-0.4, -0.2) is 35.6 Å². The second-order valence-electron chi connectivity index (χ2n) is 7.28. The van der Waals surface area contributed by atoms with E-state index < -0.39 is 32.2 Å². The molecule has 9 heteroatoms.